The van der Waals surface area contributed by atoms with Crippen molar-refractivity contribution >= 4 is 0 Å². The molecule has 1 aromatic rings. The highest BCUT2D eigenvalue weighted by Gasteiger charge is 2.25. The summed E-state index contributed by atoms with van der Waals surface area (Å²) >= 11 is 0. The first-order chi connectivity index (χ1) is 9.56. The normalized spacial score (nSPS) is 23.4. The lowest BCUT2D eigenvalue weighted by molar-refractivity contribution is 0.117. The van der Waals surface area contributed by atoms with Crippen LogP contribution in [0.5, 0.6) is 5.75 Å². The largest absolute Gasteiger partial charge is 0.508 e. The highest BCUT2D eigenvalue weighted by Crippen LogP contribution is 2.22. The Labute approximate surface area is 122 Å². The number of rotatable bonds is 5. The number of nitrogens with two attached hydrogens (primary N) is 1. The molecule has 2 rings (SSSR count). The van der Waals surface area contributed by atoms with Gasteiger partial charge in [0, 0.05) is 18.6 Å². The number of piperidine rings is 1. The van der Waals surface area contributed by atoms with Crippen molar-refractivity contribution in [3.05, 3.63) is 29.8 Å². The second-order valence-corrected chi connectivity index (χ2v) is 6.31. The van der Waals surface area contributed by atoms with Crippen LogP contribution in [0.2, 0.25) is 0 Å². The number of aromatic hydroxyl groups is 1. The summed E-state index contributed by atoms with van der Waals surface area (Å²) in [6.07, 6.45) is 4.78. The molecule has 0 aromatic heterocycles. The number of phenolic OH excluding ortho intramolecular Hbond substituents is 1. The first-order valence-electron chi connectivity index (χ1n) is 7.84. The molecule has 1 aromatic carbocycles. The second kappa shape index (κ2) is 7.09. The maximum absolute atomic E-state index is 9.30. The summed E-state index contributed by atoms with van der Waals surface area (Å²) in [7, 11) is 0. The van der Waals surface area contributed by atoms with Crippen LogP contribution in [0.3, 0.4) is 0 Å². The molecule has 3 unspecified atom stereocenters. The fourth-order valence-corrected chi connectivity index (χ4v) is 3.09. The maximum atomic E-state index is 9.30. The topological polar surface area (TPSA) is 49.5 Å². The molecule has 0 saturated carbocycles. The highest BCUT2D eigenvalue weighted by molar-refractivity contribution is 5.25. The van der Waals surface area contributed by atoms with E-state index in [1.807, 2.05) is 12.1 Å². The number of aryl methyl sites for hydroxylation is 1. The number of hydrogen-bond donors (Lipinski definition) is 2. The predicted molar refractivity (Wildman–Crippen MR) is 83.8 cm³/mol. The molecule has 1 fully saturated rings. The Balaban J connectivity index is 1.82. The van der Waals surface area contributed by atoms with Gasteiger partial charge in [-0.2, -0.15) is 0 Å². The molecule has 1 aliphatic heterocycles. The fourth-order valence-electron chi connectivity index (χ4n) is 3.09. The van der Waals surface area contributed by atoms with Gasteiger partial charge in [-0.1, -0.05) is 12.1 Å². The van der Waals surface area contributed by atoms with Crippen LogP contribution in [0.25, 0.3) is 0 Å². The van der Waals surface area contributed by atoms with Crippen LogP contribution in [0, 0.1) is 5.92 Å². The first-order valence-corrected chi connectivity index (χ1v) is 7.84. The molecule has 0 spiro atoms. The van der Waals surface area contributed by atoms with Gasteiger partial charge in [-0.05, 0) is 69.7 Å². The van der Waals surface area contributed by atoms with Crippen LogP contribution in [-0.4, -0.2) is 35.2 Å². The summed E-state index contributed by atoms with van der Waals surface area (Å²) < 4.78 is 0. The van der Waals surface area contributed by atoms with Crippen molar-refractivity contribution < 1.29 is 5.11 Å². The molecular weight excluding hydrogens is 248 g/mol. The molecule has 3 atom stereocenters. The molecule has 20 heavy (non-hydrogen) atoms. The zero-order chi connectivity index (χ0) is 14.5. The fraction of sp³-hybridized carbons (Fsp3) is 0.647. The van der Waals surface area contributed by atoms with Crippen molar-refractivity contribution in [1.82, 2.24) is 4.90 Å². The Kier molecular flexibility index (Phi) is 5.44. The molecule has 3 nitrogen and oxygen atoms in total. The summed E-state index contributed by atoms with van der Waals surface area (Å²) in [5.74, 6) is 0.998. The van der Waals surface area contributed by atoms with Crippen molar-refractivity contribution in [2.75, 3.05) is 13.1 Å². The minimum Gasteiger partial charge on any atom is -0.508 e. The third kappa shape index (κ3) is 4.22. The van der Waals surface area contributed by atoms with Gasteiger partial charge in [-0.25, -0.2) is 0 Å². The van der Waals surface area contributed by atoms with Gasteiger partial charge >= 0.3 is 0 Å². The van der Waals surface area contributed by atoms with E-state index in [2.05, 4.69) is 18.7 Å². The van der Waals surface area contributed by atoms with E-state index < -0.39 is 0 Å². The maximum Gasteiger partial charge on any atom is 0.115 e. The number of likely N-dealkylation sites (tertiary alicyclic amines) is 1. The lowest BCUT2D eigenvalue weighted by atomic mass is 9.91. The van der Waals surface area contributed by atoms with Gasteiger partial charge in [0.25, 0.3) is 0 Å². The Morgan fingerprint density at radius 1 is 1.30 bits per heavy atom. The third-order valence-corrected chi connectivity index (χ3v) is 4.64. The molecule has 1 heterocycles. The molecule has 3 heteroatoms. The highest BCUT2D eigenvalue weighted by atomic mass is 16.3. The van der Waals surface area contributed by atoms with Crippen LogP contribution in [0.15, 0.2) is 24.3 Å². The van der Waals surface area contributed by atoms with E-state index in [1.165, 1.54) is 24.9 Å². The minimum atomic E-state index is 0.307. The van der Waals surface area contributed by atoms with Crippen LogP contribution < -0.4 is 5.73 Å². The molecule has 0 aliphatic carbocycles. The lowest BCUT2D eigenvalue weighted by Gasteiger charge is -2.38. The van der Waals surface area contributed by atoms with Crippen LogP contribution in [0.4, 0.5) is 0 Å². The van der Waals surface area contributed by atoms with Crippen molar-refractivity contribution in [2.24, 2.45) is 11.7 Å². The van der Waals surface area contributed by atoms with Gasteiger partial charge in [0.1, 0.15) is 5.75 Å². The average molecular weight is 276 g/mol. The second-order valence-electron chi connectivity index (χ2n) is 6.31. The van der Waals surface area contributed by atoms with Gasteiger partial charge in [0.05, 0.1) is 0 Å². The van der Waals surface area contributed by atoms with E-state index in [-0.39, 0.29) is 0 Å². The molecule has 112 valence electrons. The van der Waals surface area contributed by atoms with Gasteiger partial charge in [-0.15, -0.1) is 0 Å². The lowest BCUT2D eigenvalue weighted by Crippen LogP contribution is -2.46. The van der Waals surface area contributed by atoms with E-state index in [0.717, 1.165) is 19.4 Å². The number of nitrogens with zero attached hydrogens (tertiary/aromatic N) is 1. The molecule has 0 amide bonds. The van der Waals surface area contributed by atoms with Crippen molar-refractivity contribution in [3.63, 3.8) is 0 Å². The smallest absolute Gasteiger partial charge is 0.115 e. The predicted octanol–water partition coefficient (Wildman–Crippen LogP) is 2.77. The third-order valence-electron chi connectivity index (χ3n) is 4.64. The first kappa shape index (κ1) is 15.3. The summed E-state index contributed by atoms with van der Waals surface area (Å²) in [5.41, 5.74) is 7.36. The molecule has 0 bridgehead atoms. The van der Waals surface area contributed by atoms with Gasteiger partial charge in [-0.3, -0.25) is 0 Å². The van der Waals surface area contributed by atoms with E-state index >= 15 is 0 Å². The molecule has 3 N–H and O–H groups in total. The quantitative estimate of drug-likeness (QED) is 0.869. The number of hydrogen-bond acceptors (Lipinski definition) is 3. The summed E-state index contributed by atoms with van der Waals surface area (Å²) in [6.45, 7) is 6.81. The molecule has 1 aliphatic rings. The monoisotopic (exact) mass is 276 g/mol. The van der Waals surface area contributed by atoms with Crippen molar-refractivity contribution in [2.45, 2.75) is 51.6 Å². The minimum absolute atomic E-state index is 0.307. The van der Waals surface area contributed by atoms with E-state index in [0.29, 0.717) is 23.8 Å². The Hall–Kier alpha value is -1.06. The van der Waals surface area contributed by atoms with E-state index in [9.17, 15) is 5.11 Å². The van der Waals surface area contributed by atoms with Gasteiger partial charge < -0.3 is 15.7 Å². The Morgan fingerprint density at radius 2 is 2.00 bits per heavy atom. The number of benzene rings is 1. The Morgan fingerprint density at radius 3 is 2.65 bits per heavy atom. The Bertz CT molecular complexity index is 402. The SMILES string of the molecule is CC(N)C1CCCN(C(C)CCc2ccc(O)cc2)C1. The average Bonchev–Trinajstić information content (AvgIpc) is 2.46. The summed E-state index contributed by atoms with van der Waals surface area (Å²) in [5, 5.41) is 9.30. The van der Waals surface area contributed by atoms with Crippen LogP contribution >= 0.6 is 0 Å². The van der Waals surface area contributed by atoms with Crippen molar-refractivity contribution in [3.8, 4) is 5.75 Å². The molecule has 0 radical (unpaired) electrons. The summed E-state index contributed by atoms with van der Waals surface area (Å²) in [4.78, 5) is 2.60. The molecular formula is C17H28N2O. The van der Waals surface area contributed by atoms with Gasteiger partial charge in [0.15, 0.2) is 0 Å². The van der Waals surface area contributed by atoms with Crippen LogP contribution in [0.1, 0.15) is 38.7 Å². The van der Waals surface area contributed by atoms with Gasteiger partial charge in [0.2, 0.25) is 0 Å². The zero-order valence-electron chi connectivity index (χ0n) is 12.8. The zero-order valence-corrected chi connectivity index (χ0v) is 12.8. The number of phenols is 1. The standard InChI is InChI=1S/C17H28N2O/c1-13(5-6-15-7-9-17(20)10-8-15)19-11-3-4-16(12-19)14(2)18/h7-10,13-14,16,20H,3-6,11-12,18H2,1-2H3. The summed E-state index contributed by atoms with van der Waals surface area (Å²) in [6, 6.07) is 8.49. The van der Waals surface area contributed by atoms with Crippen molar-refractivity contribution in [1.29, 1.82) is 0 Å². The van der Waals surface area contributed by atoms with E-state index in [4.69, 9.17) is 5.73 Å². The van der Waals surface area contributed by atoms with E-state index in [1.54, 1.807) is 12.1 Å². The molecule has 1 saturated heterocycles. The van der Waals surface area contributed by atoms with Crippen LogP contribution in [-0.2, 0) is 6.42 Å².